The van der Waals surface area contributed by atoms with E-state index in [9.17, 15) is 18.3 Å². The number of pyridine rings is 1. The fourth-order valence-electron chi connectivity index (χ4n) is 2.34. The molecule has 0 radical (unpaired) electrons. The van der Waals surface area contributed by atoms with Gasteiger partial charge in [0.05, 0.1) is 17.9 Å². The van der Waals surface area contributed by atoms with Crippen LogP contribution in [0, 0.1) is 0 Å². The predicted octanol–water partition coefficient (Wildman–Crippen LogP) is 0.0718. The van der Waals surface area contributed by atoms with E-state index < -0.39 is 22.0 Å². The topological polar surface area (TPSA) is 113 Å². The van der Waals surface area contributed by atoms with Gasteiger partial charge in [0.25, 0.3) is 0 Å². The summed E-state index contributed by atoms with van der Waals surface area (Å²) in [5.41, 5.74) is 0.972. The number of hydrogen-bond donors (Lipinski definition) is 1. The molecular weight excluding hydrogens is 308 g/mol. The van der Waals surface area contributed by atoms with Gasteiger partial charge in [-0.25, -0.2) is 8.42 Å². The smallest absolute Gasteiger partial charge is 0.322 e. The first kappa shape index (κ1) is 14.5. The summed E-state index contributed by atoms with van der Waals surface area (Å²) in [5, 5.41) is 9.37. The van der Waals surface area contributed by atoms with Gasteiger partial charge in [-0.05, 0) is 12.1 Å². The lowest BCUT2D eigenvalue weighted by molar-refractivity contribution is -0.141. The summed E-state index contributed by atoms with van der Waals surface area (Å²) in [6, 6.07) is 1.66. The van der Waals surface area contributed by atoms with E-state index >= 15 is 0 Å². The Morgan fingerprint density at radius 2 is 1.95 bits per heavy atom. The van der Waals surface area contributed by atoms with Gasteiger partial charge in [-0.2, -0.15) is 4.31 Å². The SMILES string of the molecule is O=C(O)[C@H]1Cc2nccnc2CN1S(=O)(=O)c1cccnc1. The average molecular weight is 320 g/mol. The molecule has 0 aliphatic carbocycles. The zero-order chi connectivity index (χ0) is 15.7. The standard InChI is InChI=1S/C13H12N4O4S/c18-13(19)12-6-10-11(16-5-4-15-10)8-17(12)22(20,21)9-2-1-3-14-7-9/h1-5,7,12H,6,8H2,(H,18,19)/t12-/m1/s1. The molecule has 2 aromatic heterocycles. The fraction of sp³-hybridized carbons (Fsp3) is 0.231. The third kappa shape index (κ3) is 2.44. The monoisotopic (exact) mass is 320 g/mol. The van der Waals surface area contributed by atoms with Crippen LogP contribution in [-0.4, -0.2) is 44.8 Å². The molecule has 0 bridgehead atoms. The van der Waals surface area contributed by atoms with Gasteiger partial charge in [-0.3, -0.25) is 19.7 Å². The molecule has 9 heteroatoms. The van der Waals surface area contributed by atoms with Gasteiger partial charge in [-0.15, -0.1) is 0 Å². The van der Waals surface area contributed by atoms with Crippen molar-refractivity contribution in [2.75, 3.05) is 0 Å². The summed E-state index contributed by atoms with van der Waals surface area (Å²) in [5.74, 6) is -1.22. The Hall–Kier alpha value is -2.39. The molecule has 0 saturated heterocycles. The van der Waals surface area contributed by atoms with Crippen molar-refractivity contribution in [3.8, 4) is 0 Å². The molecule has 0 unspecified atom stereocenters. The van der Waals surface area contributed by atoms with Crippen molar-refractivity contribution in [2.24, 2.45) is 0 Å². The first-order valence-electron chi connectivity index (χ1n) is 6.43. The van der Waals surface area contributed by atoms with Crippen molar-refractivity contribution in [3.05, 3.63) is 48.3 Å². The second-order valence-electron chi connectivity index (χ2n) is 4.75. The van der Waals surface area contributed by atoms with Crippen LogP contribution < -0.4 is 0 Å². The number of rotatable bonds is 3. The van der Waals surface area contributed by atoms with Gasteiger partial charge in [-0.1, -0.05) is 0 Å². The van der Waals surface area contributed by atoms with Gasteiger partial charge >= 0.3 is 5.97 Å². The van der Waals surface area contributed by atoms with Crippen LogP contribution in [-0.2, 0) is 27.8 Å². The Kier molecular flexibility index (Phi) is 3.59. The number of carbonyl (C=O) groups is 1. The lowest BCUT2D eigenvalue weighted by atomic mass is 10.1. The highest BCUT2D eigenvalue weighted by atomic mass is 32.2. The molecule has 0 spiro atoms. The normalized spacial score (nSPS) is 18.6. The van der Waals surface area contributed by atoms with Crippen molar-refractivity contribution in [1.29, 1.82) is 0 Å². The maximum absolute atomic E-state index is 12.7. The molecule has 1 atom stereocenters. The van der Waals surface area contributed by atoms with E-state index in [4.69, 9.17) is 0 Å². The Labute approximate surface area is 126 Å². The molecule has 3 rings (SSSR count). The number of carboxylic acid groups (broad SMARTS) is 1. The van der Waals surface area contributed by atoms with Gasteiger partial charge < -0.3 is 5.11 Å². The summed E-state index contributed by atoms with van der Waals surface area (Å²) in [4.78, 5) is 23.4. The number of hydrogen-bond acceptors (Lipinski definition) is 6. The summed E-state index contributed by atoms with van der Waals surface area (Å²) in [6.07, 6.45) is 5.54. The largest absolute Gasteiger partial charge is 0.480 e. The third-order valence-electron chi connectivity index (χ3n) is 3.43. The van der Waals surface area contributed by atoms with Gasteiger partial charge in [0.15, 0.2) is 0 Å². The Morgan fingerprint density at radius 1 is 1.23 bits per heavy atom. The van der Waals surface area contributed by atoms with Crippen LogP contribution in [0.25, 0.3) is 0 Å². The van der Waals surface area contributed by atoms with Gasteiger partial charge in [0, 0.05) is 31.2 Å². The molecule has 0 saturated carbocycles. The van der Waals surface area contributed by atoms with Gasteiger partial charge in [0.1, 0.15) is 10.9 Å². The number of aliphatic carboxylic acids is 1. The van der Waals surface area contributed by atoms with E-state index in [0.29, 0.717) is 11.4 Å². The maximum Gasteiger partial charge on any atom is 0.322 e. The van der Waals surface area contributed by atoms with E-state index in [0.717, 1.165) is 4.31 Å². The molecule has 1 aliphatic heterocycles. The zero-order valence-corrected chi connectivity index (χ0v) is 12.1. The molecule has 22 heavy (non-hydrogen) atoms. The van der Waals surface area contributed by atoms with Crippen LogP contribution in [0.1, 0.15) is 11.4 Å². The summed E-state index contributed by atoms with van der Waals surface area (Å²) < 4.78 is 26.3. The summed E-state index contributed by atoms with van der Waals surface area (Å²) in [6.45, 7) is -0.128. The van der Waals surface area contributed by atoms with Crippen molar-refractivity contribution < 1.29 is 18.3 Å². The lowest BCUT2D eigenvalue weighted by Gasteiger charge is -2.31. The molecular formula is C13H12N4O4S. The summed E-state index contributed by atoms with van der Waals surface area (Å²) >= 11 is 0. The average Bonchev–Trinajstić information content (AvgIpc) is 2.54. The van der Waals surface area contributed by atoms with E-state index in [1.807, 2.05) is 0 Å². The molecule has 3 heterocycles. The van der Waals surface area contributed by atoms with E-state index in [1.165, 1.54) is 36.9 Å². The first-order chi connectivity index (χ1) is 10.5. The molecule has 114 valence electrons. The Bertz CT molecular complexity index is 810. The zero-order valence-electron chi connectivity index (χ0n) is 11.3. The van der Waals surface area contributed by atoms with E-state index in [1.54, 1.807) is 0 Å². The van der Waals surface area contributed by atoms with Crippen molar-refractivity contribution >= 4 is 16.0 Å². The first-order valence-corrected chi connectivity index (χ1v) is 7.87. The molecule has 1 aliphatic rings. The van der Waals surface area contributed by atoms with Crippen LogP contribution in [0.4, 0.5) is 0 Å². The molecule has 2 aromatic rings. The van der Waals surface area contributed by atoms with Crippen LogP contribution in [0.3, 0.4) is 0 Å². The molecule has 8 nitrogen and oxygen atoms in total. The maximum atomic E-state index is 12.7. The highest BCUT2D eigenvalue weighted by Gasteiger charge is 2.40. The predicted molar refractivity (Wildman–Crippen MR) is 74.1 cm³/mol. The highest BCUT2D eigenvalue weighted by Crippen LogP contribution is 2.26. The minimum atomic E-state index is -3.98. The second kappa shape index (κ2) is 5.43. The molecule has 1 N–H and O–H groups in total. The van der Waals surface area contributed by atoms with Crippen LogP contribution in [0.2, 0.25) is 0 Å². The van der Waals surface area contributed by atoms with Crippen LogP contribution >= 0.6 is 0 Å². The van der Waals surface area contributed by atoms with E-state index in [2.05, 4.69) is 15.0 Å². The van der Waals surface area contributed by atoms with Crippen LogP contribution in [0.15, 0.2) is 41.8 Å². The number of sulfonamides is 1. The quantitative estimate of drug-likeness (QED) is 0.851. The van der Waals surface area contributed by atoms with Crippen molar-refractivity contribution in [2.45, 2.75) is 23.9 Å². The number of aromatic nitrogens is 3. The number of carboxylic acids is 1. The minimum absolute atomic E-state index is 0.0159. The van der Waals surface area contributed by atoms with Crippen molar-refractivity contribution in [1.82, 2.24) is 19.3 Å². The number of nitrogens with zero attached hydrogens (tertiary/aromatic N) is 4. The fourth-order valence-corrected chi connectivity index (χ4v) is 3.85. The third-order valence-corrected chi connectivity index (χ3v) is 5.26. The Morgan fingerprint density at radius 3 is 2.59 bits per heavy atom. The van der Waals surface area contributed by atoms with Gasteiger partial charge in [0.2, 0.25) is 10.0 Å². The van der Waals surface area contributed by atoms with Crippen molar-refractivity contribution in [3.63, 3.8) is 0 Å². The minimum Gasteiger partial charge on any atom is -0.480 e. The van der Waals surface area contributed by atoms with E-state index in [-0.39, 0.29) is 17.9 Å². The molecule has 0 fully saturated rings. The van der Waals surface area contributed by atoms with Crippen LogP contribution in [0.5, 0.6) is 0 Å². The lowest BCUT2D eigenvalue weighted by Crippen LogP contribution is -2.49. The molecule has 0 amide bonds. The number of fused-ring (bicyclic) bond motifs is 1. The highest BCUT2D eigenvalue weighted by molar-refractivity contribution is 7.89. The second-order valence-corrected chi connectivity index (χ2v) is 6.64. The molecule has 0 aromatic carbocycles. The Balaban J connectivity index is 2.07. The summed E-state index contributed by atoms with van der Waals surface area (Å²) in [7, 11) is -3.98.